The van der Waals surface area contributed by atoms with Gasteiger partial charge in [-0.25, -0.2) is 0 Å². The van der Waals surface area contributed by atoms with Crippen molar-refractivity contribution < 1.29 is 30.3 Å². The van der Waals surface area contributed by atoms with Gasteiger partial charge in [0.05, 0.1) is 7.92 Å². The second-order valence-electron chi connectivity index (χ2n) is 7.48. The molecular weight excluding hydrogens is 556 g/mol. The van der Waals surface area contributed by atoms with Crippen molar-refractivity contribution in [2.24, 2.45) is 0 Å². The molecule has 5 heteroatoms. The number of carboxylic acid groups (broad SMARTS) is 1. The molecule has 0 bridgehead atoms. The van der Waals surface area contributed by atoms with Crippen molar-refractivity contribution in [3.63, 3.8) is 0 Å². The van der Waals surface area contributed by atoms with Crippen molar-refractivity contribution in [3.8, 4) is 11.3 Å². The fourth-order valence-corrected chi connectivity index (χ4v) is 5.97. The fourth-order valence-electron chi connectivity index (χ4n) is 3.39. The van der Waals surface area contributed by atoms with Crippen LogP contribution in [0.1, 0.15) is 6.92 Å². The summed E-state index contributed by atoms with van der Waals surface area (Å²) in [5.74, 6) is -0.833. The maximum absolute atomic E-state index is 9.00. The fraction of sp³-hybridized carbons (Fsp3) is 0.0323. The van der Waals surface area contributed by atoms with Crippen LogP contribution in [0.3, 0.4) is 0 Å². The normalized spacial score (nSPS) is 9.50. The zero-order chi connectivity index (χ0) is 24.7. The van der Waals surface area contributed by atoms with Crippen molar-refractivity contribution in [3.05, 3.63) is 146 Å². The van der Waals surface area contributed by atoms with Crippen molar-refractivity contribution >= 4 is 29.8 Å². The Morgan fingerprint density at radius 2 is 1.08 bits per heavy atom. The van der Waals surface area contributed by atoms with Crippen LogP contribution in [0, 0.1) is 6.07 Å². The van der Waals surface area contributed by atoms with E-state index >= 15 is 0 Å². The first-order valence-corrected chi connectivity index (χ1v) is 12.8. The van der Waals surface area contributed by atoms with Crippen molar-refractivity contribution in [2.75, 3.05) is 0 Å². The molecule has 0 amide bonds. The van der Waals surface area contributed by atoms with E-state index in [0.29, 0.717) is 0 Å². The molecule has 36 heavy (non-hydrogen) atoms. The van der Waals surface area contributed by atoms with E-state index in [0.717, 1.165) is 18.2 Å². The maximum atomic E-state index is 9.00. The predicted octanol–water partition coefficient (Wildman–Crippen LogP) is 5.81. The van der Waals surface area contributed by atoms with Crippen molar-refractivity contribution in [1.82, 2.24) is 4.98 Å². The molecule has 5 aromatic rings. The number of pyridine rings is 1. The molecule has 0 saturated heterocycles. The van der Waals surface area contributed by atoms with E-state index < -0.39 is 13.9 Å². The van der Waals surface area contributed by atoms with E-state index in [2.05, 4.69) is 102 Å². The maximum Gasteiger partial charge on any atom is 0.300 e. The van der Waals surface area contributed by atoms with E-state index in [1.807, 2.05) is 42.5 Å². The quantitative estimate of drug-likeness (QED) is 0.165. The Balaban J connectivity index is 0.000000231. The van der Waals surface area contributed by atoms with Crippen LogP contribution in [-0.4, -0.2) is 16.1 Å². The Bertz CT molecular complexity index is 1120. The summed E-state index contributed by atoms with van der Waals surface area (Å²) in [6.07, 6.45) is 1.79. The SMILES string of the molecule is CC(=O)O.[Pd].[c-]1ccccc1-c1ccccn1.c1ccc([PH+](c2ccccc2)c2ccccc2)cc1. The van der Waals surface area contributed by atoms with Crippen LogP contribution in [0.5, 0.6) is 0 Å². The van der Waals surface area contributed by atoms with Gasteiger partial charge in [0.25, 0.3) is 5.97 Å². The molecule has 4 aromatic carbocycles. The third-order valence-corrected chi connectivity index (χ3v) is 7.57. The first kappa shape index (κ1) is 28.8. The second-order valence-corrected chi connectivity index (χ2v) is 9.97. The number of hydrogen-bond acceptors (Lipinski definition) is 2. The first-order valence-electron chi connectivity index (χ1n) is 11.3. The molecule has 0 spiro atoms. The summed E-state index contributed by atoms with van der Waals surface area (Å²) in [7, 11) is -0.877. The Labute approximate surface area is 228 Å². The molecule has 3 nitrogen and oxygen atoms in total. The van der Waals surface area contributed by atoms with Gasteiger partial charge in [0.2, 0.25) is 0 Å². The number of hydrogen-bond donors (Lipinski definition) is 1. The number of aromatic nitrogens is 1. The molecular formula is C31H28NO2PPd. The smallest absolute Gasteiger partial charge is 0.300 e. The van der Waals surface area contributed by atoms with Crippen LogP contribution in [0.15, 0.2) is 140 Å². The number of carbonyl (C=O) groups is 1. The average Bonchev–Trinajstić information content (AvgIpc) is 2.92. The first-order chi connectivity index (χ1) is 17.1. The Morgan fingerprint density at radius 1 is 0.667 bits per heavy atom. The molecule has 0 saturated carbocycles. The minimum Gasteiger partial charge on any atom is -0.481 e. The van der Waals surface area contributed by atoms with Crippen LogP contribution in [0.25, 0.3) is 11.3 Å². The van der Waals surface area contributed by atoms with Gasteiger partial charge >= 0.3 is 0 Å². The standard InChI is InChI=1S/C18H15P.C11H8N.C2H4O2.Pd/c1-4-10-16(11-5-1)19(17-12-6-2-7-13-17)18-14-8-3-9-15-18;1-2-6-10(7-3-1)11-8-4-5-9-12-11;1-2(3)4;/h1-15H;1-6,8-9H;1H3,(H,3,4);/q;-1;;/p+1. The van der Waals surface area contributed by atoms with E-state index in [9.17, 15) is 0 Å². The molecule has 0 radical (unpaired) electrons. The van der Waals surface area contributed by atoms with Gasteiger partial charge in [0, 0.05) is 33.5 Å². The van der Waals surface area contributed by atoms with Crippen molar-refractivity contribution in [1.29, 1.82) is 0 Å². The summed E-state index contributed by atoms with van der Waals surface area (Å²) in [4.78, 5) is 13.2. The summed E-state index contributed by atoms with van der Waals surface area (Å²) >= 11 is 0. The van der Waals surface area contributed by atoms with Crippen LogP contribution in [0.2, 0.25) is 0 Å². The van der Waals surface area contributed by atoms with Gasteiger partial charge in [0.1, 0.15) is 15.9 Å². The third kappa shape index (κ3) is 9.69. The molecule has 0 fully saturated rings. The summed E-state index contributed by atoms with van der Waals surface area (Å²) < 4.78 is 0. The molecule has 0 aliphatic carbocycles. The molecule has 0 aliphatic rings. The zero-order valence-corrected chi connectivity index (χ0v) is 22.5. The van der Waals surface area contributed by atoms with Crippen molar-refractivity contribution in [2.45, 2.75) is 6.92 Å². The number of carboxylic acids is 1. The molecule has 1 N–H and O–H groups in total. The van der Waals surface area contributed by atoms with E-state index in [4.69, 9.17) is 9.90 Å². The Morgan fingerprint density at radius 3 is 1.44 bits per heavy atom. The average molecular weight is 584 g/mol. The Kier molecular flexibility index (Phi) is 13.1. The largest absolute Gasteiger partial charge is 0.481 e. The number of rotatable bonds is 4. The predicted molar refractivity (Wildman–Crippen MR) is 148 cm³/mol. The van der Waals surface area contributed by atoms with Gasteiger partial charge < -0.3 is 10.1 Å². The summed E-state index contributed by atoms with van der Waals surface area (Å²) in [6.45, 7) is 1.08. The Hall–Kier alpha value is -3.41. The summed E-state index contributed by atoms with van der Waals surface area (Å²) in [5, 5.41) is 11.7. The molecule has 184 valence electrons. The second kappa shape index (κ2) is 16.3. The van der Waals surface area contributed by atoms with Crippen LogP contribution >= 0.6 is 7.92 Å². The van der Waals surface area contributed by atoms with E-state index in [1.165, 1.54) is 15.9 Å². The van der Waals surface area contributed by atoms with Gasteiger partial charge in [-0.3, -0.25) is 4.79 Å². The van der Waals surface area contributed by atoms with Gasteiger partial charge in [0.15, 0.2) is 0 Å². The molecule has 1 heterocycles. The van der Waals surface area contributed by atoms with Gasteiger partial charge in [-0.2, -0.15) is 0 Å². The monoisotopic (exact) mass is 583 g/mol. The number of aliphatic carboxylic acids is 1. The zero-order valence-electron chi connectivity index (χ0n) is 19.9. The minimum atomic E-state index is -0.877. The van der Waals surface area contributed by atoms with E-state index in [1.54, 1.807) is 6.20 Å². The minimum absolute atomic E-state index is 0. The topological polar surface area (TPSA) is 50.2 Å². The number of nitrogens with zero attached hydrogens (tertiary/aromatic N) is 1. The summed E-state index contributed by atoms with van der Waals surface area (Å²) in [5.41, 5.74) is 2.01. The number of benzene rings is 4. The van der Waals surface area contributed by atoms with Gasteiger partial charge in [-0.15, -0.1) is 35.9 Å². The van der Waals surface area contributed by atoms with Crippen LogP contribution < -0.4 is 15.9 Å². The van der Waals surface area contributed by atoms with Gasteiger partial charge in [-0.05, 0) is 48.2 Å². The molecule has 5 rings (SSSR count). The van der Waals surface area contributed by atoms with Gasteiger partial charge in [-0.1, -0.05) is 66.7 Å². The molecule has 0 aliphatic heterocycles. The third-order valence-electron chi connectivity index (χ3n) is 4.84. The molecule has 0 atom stereocenters. The molecule has 0 unspecified atom stereocenters. The van der Waals surface area contributed by atoms with E-state index in [-0.39, 0.29) is 20.4 Å². The summed E-state index contributed by atoms with van der Waals surface area (Å²) in [6, 6.07) is 49.3. The van der Waals surface area contributed by atoms with Crippen LogP contribution in [-0.2, 0) is 25.2 Å². The van der Waals surface area contributed by atoms with Crippen LogP contribution in [0.4, 0.5) is 0 Å². The molecule has 1 aromatic heterocycles.